The molecule has 1 aliphatic carbocycles. The molecule has 0 saturated heterocycles. The Balaban J connectivity index is 0.00000492. The number of carboxylic acid groups (broad SMARTS) is 3. The number of nitrogens with one attached hydrogen (secondary N) is 2. The van der Waals surface area contributed by atoms with Crippen molar-refractivity contribution in [2.45, 2.75) is 258 Å². The number of ether oxygens (including phenoxy) is 24. The number of hydrogen-bond acceptors (Lipinski definition) is 34. The largest absolute Gasteiger partial charge is 0.481 e. The molecular weight excluding hydrogens is 1940 g/mol. The van der Waals surface area contributed by atoms with Gasteiger partial charge in [-0.1, -0.05) is 139 Å². The molecule has 0 aromatic heterocycles. The SMILES string of the molecule is CC(=O)CCOCCOCCOCCOCCOCCOCCOCCOCCOCCOCCOCCOCCOCCOCCOCCOCCOCCOCCOCCOCCOCCOCCOCCOCCCC(=O)C(CCC(=O)O)NC(=O)CCC(CC(=O)C1CCC(CNC(=O)CCCCCCCCCCCCCCCCCCC(=O)O)CC1)C(=O)O.CCC(CCCCCC(=O)c1ccc(C)cc1)C(N)=O. The molecule has 149 heavy (non-hydrogen) atoms. The number of primary amides is 1. The molecule has 868 valence electrons. The molecule has 0 heterocycles. The van der Waals surface area contributed by atoms with E-state index in [1.165, 1.54) is 69.8 Å². The van der Waals surface area contributed by atoms with E-state index in [0.717, 1.165) is 89.0 Å². The smallest absolute Gasteiger partial charge is 0.306 e. The number of Topliss-reactive ketones (excluding diaryl/α,β-unsaturated/α-hetero) is 4. The average molecular weight is 2140 g/mol. The van der Waals surface area contributed by atoms with E-state index in [1.54, 1.807) is 6.92 Å². The van der Waals surface area contributed by atoms with Crippen molar-refractivity contribution in [3.8, 4) is 0 Å². The molecule has 7 N–H and O–H groups in total. The van der Waals surface area contributed by atoms with Crippen LogP contribution in [0.25, 0.3) is 0 Å². The van der Waals surface area contributed by atoms with Crippen molar-refractivity contribution in [1.82, 2.24) is 10.6 Å². The lowest BCUT2D eigenvalue weighted by Gasteiger charge is -2.28. The second kappa shape index (κ2) is 110. The van der Waals surface area contributed by atoms with Gasteiger partial charge in [0, 0.05) is 81.9 Å². The zero-order chi connectivity index (χ0) is 108. The van der Waals surface area contributed by atoms with Crippen molar-refractivity contribution < 1.29 is 177 Å². The van der Waals surface area contributed by atoms with Gasteiger partial charge >= 0.3 is 17.9 Å². The van der Waals surface area contributed by atoms with Gasteiger partial charge in [-0.15, -0.1) is 0 Å². The van der Waals surface area contributed by atoms with Gasteiger partial charge in [0.05, 0.1) is 322 Å². The topological polar surface area (TPSA) is 503 Å². The number of nitrogens with two attached hydrogens (primary N) is 1. The van der Waals surface area contributed by atoms with Crippen molar-refractivity contribution in [1.29, 1.82) is 0 Å². The summed E-state index contributed by atoms with van der Waals surface area (Å²) in [6.45, 7) is 27.3. The second-order valence-electron chi connectivity index (χ2n) is 36.5. The van der Waals surface area contributed by atoms with Gasteiger partial charge in [0.25, 0.3) is 0 Å². The quantitative estimate of drug-likeness (QED) is 0.0260. The normalized spacial score (nSPS) is 13.7. The first-order chi connectivity index (χ1) is 72.8. The van der Waals surface area contributed by atoms with Crippen molar-refractivity contribution in [2.75, 3.05) is 324 Å². The van der Waals surface area contributed by atoms with Crippen molar-refractivity contribution in [3.05, 3.63) is 35.4 Å². The van der Waals surface area contributed by atoms with E-state index in [-0.39, 0.29) is 111 Å². The summed E-state index contributed by atoms with van der Waals surface area (Å²) < 4.78 is 132. The standard InChI is InChI=1S/C92H170N2O35.C17H25NO2/c1-81(95)30-32-107-34-36-109-38-40-111-42-44-113-46-48-115-50-52-117-54-56-119-58-60-121-62-64-123-66-68-125-70-72-127-74-76-129-78-77-128-75-73-126-71-69-124-67-65-122-63-61-120-59-57-118-55-53-116-51-49-114-47-45-112-43-41-110-39-37-108-35-33-106-31-18-19-86(96)85(27-29-91(102)103)94-89(99)28-26-84(92(104)105)79-87(97)83-24-22-82(23-25-83)80-93-88(98)20-16-14-12-10-8-6-4-2-3-5-7-9-11-13-15-17-21-90(100)101;1-3-14(17(18)20)7-5-4-6-8-16(19)15-11-9-13(2)10-12-15/h82-85H,2-80H2,1H3,(H,93,98)(H,94,99)(H,100,101)(H,102,103)(H,104,105);9-12,14H,3-8H2,1-2H3,(H2,18,20). The molecule has 0 bridgehead atoms. The number of carboxylic acids is 3. The van der Waals surface area contributed by atoms with Crippen LogP contribution in [-0.2, 0) is 157 Å². The van der Waals surface area contributed by atoms with Crippen LogP contribution in [0, 0.1) is 30.6 Å². The summed E-state index contributed by atoms with van der Waals surface area (Å²) in [5, 5.41) is 33.7. The number of unbranched alkanes of at least 4 members (excludes halogenated alkanes) is 17. The predicted octanol–water partition coefficient (Wildman–Crippen LogP) is 12.2. The lowest BCUT2D eigenvalue weighted by Crippen LogP contribution is -2.41. The average Bonchev–Trinajstić information content (AvgIpc) is 0.864. The zero-order valence-corrected chi connectivity index (χ0v) is 91.1. The molecule has 40 heteroatoms. The first-order valence-electron chi connectivity index (χ1n) is 55.3. The Morgan fingerprint density at radius 3 is 0.886 bits per heavy atom. The third-order valence-corrected chi connectivity index (χ3v) is 23.9. The molecule has 3 amide bonds. The Hall–Kier alpha value is -6.24. The fourth-order valence-corrected chi connectivity index (χ4v) is 15.1. The van der Waals surface area contributed by atoms with E-state index < -0.39 is 35.8 Å². The summed E-state index contributed by atoms with van der Waals surface area (Å²) in [6, 6.07) is 6.63. The van der Waals surface area contributed by atoms with Crippen LogP contribution in [0.1, 0.15) is 261 Å². The van der Waals surface area contributed by atoms with Crippen LogP contribution >= 0.6 is 0 Å². The van der Waals surface area contributed by atoms with Crippen LogP contribution in [0.5, 0.6) is 0 Å². The first-order valence-corrected chi connectivity index (χ1v) is 55.3. The number of rotatable bonds is 118. The van der Waals surface area contributed by atoms with Crippen LogP contribution in [0.4, 0.5) is 0 Å². The van der Waals surface area contributed by atoms with Gasteiger partial charge in [-0.3, -0.25) is 47.9 Å². The number of benzene rings is 1. The number of amides is 3. The van der Waals surface area contributed by atoms with E-state index >= 15 is 0 Å². The number of aryl methyl sites for hydroxylation is 1. The Morgan fingerprint density at radius 2 is 0.591 bits per heavy atom. The summed E-state index contributed by atoms with van der Waals surface area (Å²) in [5.74, 6) is -5.10. The van der Waals surface area contributed by atoms with Crippen LogP contribution in [0.2, 0.25) is 0 Å². The van der Waals surface area contributed by atoms with E-state index in [9.17, 15) is 58.2 Å². The highest BCUT2D eigenvalue weighted by Gasteiger charge is 2.32. The molecule has 40 nitrogen and oxygen atoms in total. The summed E-state index contributed by atoms with van der Waals surface area (Å²) in [6.07, 6.45) is 26.8. The highest BCUT2D eigenvalue weighted by molar-refractivity contribution is 5.96. The van der Waals surface area contributed by atoms with Gasteiger partial charge in [-0.05, 0) is 96.8 Å². The molecule has 3 unspecified atom stereocenters. The molecule has 1 aromatic rings. The fourth-order valence-electron chi connectivity index (χ4n) is 15.1. The van der Waals surface area contributed by atoms with Gasteiger partial charge < -0.3 is 145 Å². The maximum Gasteiger partial charge on any atom is 0.306 e. The van der Waals surface area contributed by atoms with E-state index in [0.29, 0.717) is 349 Å². The Labute approximate surface area is 888 Å². The first kappa shape index (κ1) is 141. The molecule has 1 aliphatic rings. The molecule has 0 aliphatic heterocycles. The van der Waals surface area contributed by atoms with Crippen molar-refractivity contribution in [2.24, 2.45) is 29.4 Å². The minimum Gasteiger partial charge on any atom is -0.481 e. The number of aliphatic carboxylic acids is 3. The summed E-state index contributed by atoms with van der Waals surface area (Å²) in [5.41, 5.74) is 7.26. The number of hydrogen-bond donors (Lipinski definition) is 6. The molecule has 2 rings (SSSR count). The minimum absolute atomic E-state index is 0.0113. The maximum atomic E-state index is 13.3. The van der Waals surface area contributed by atoms with Crippen LogP contribution in [0.15, 0.2) is 24.3 Å². The zero-order valence-electron chi connectivity index (χ0n) is 91.1. The van der Waals surface area contributed by atoms with Gasteiger partial charge in [0.2, 0.25) is 17.7 Å². The van der Waals surface area contributed by atoms with Crippen LogP contribution < -0.4 is 16.4 Å². The number of carbonyl (C=O) groups excluding carboxylic acids is 7. The fraction of sp³-hybridized carbons (Fsp3) is 0.853. The third-order valence-electron chi connectivity index (χ3n) is 23.9. The summed E-state index contributed by atoms with van der Waals surface area (Å²) in [4.78, 5) is 120. The predicted molar refractivity (Wildman–Crippen MR) is 559 cm³/mol. The molecule has 3 atom stereocenters. The Bertz CT molecular complexity index is 3260. The molecule has 1 saturated carbocycles. The van der Waals surface area contributed by atoms with Crippen LogP contribution in [-0.4, -0.2) is 404 Å². The van der Waals surface area contributed by atoms with Gasteiger partial charge in [0.1, 0.15) is 11.6 Å². The van der Waals surface area contributed by atoms with Gasteiger partial charge in [0.15, 0.2) is 11.6 Å². The molecule has 0 radical (unpaired) electrons. The maximum absolute atomic E-state index is 13.3. The van der Waals surface area contributed by atoms with E-state index in [2.05, 4.69) is 10.6 Å². The summed E-state index contributed by atoms with van der Waals surface area (Å²) >= 11 is 0. The van der Waals surface area contributed by atoms with Gasteiger partial charge in [-0.25, -0.2) is 0 Å². The third kappa shape index (κ3) is 101. The second-order valence-corrected chi connectivity index (χ2v) is 36.5. The van der Waals surface area contributed by atoms with Gasteiger partial charge in [-0.2, -0.15) is 0 Å². The Kier molecular flexibility index (Phi) is 104. The van der Waals surface area contributed by atoms with E-state index in [1.807, 2.05) is 38.1 Å². The number of ketones is 4. The number of carbonyl (C=O) groups is 10. The Morgan fingerprint density at radius 1 is 0.302 bits per heavy atom. The minimum atomic E-state index is -1.19. The van der Waals surface area contributed by atoms with Crippen molar-refractivity contribution >= 4 is 58.8 Å². The molecule has 1 fully saturated rings. The van der Waals surface area contributed by atoms with E-state index in [4.69, 9.17) is 125 Å². The highest BCUT2D eigenvalue weighted by Crippen LogP contribution is 2.32. The summed E-state index contributed by atoms with van der Waals surface area (Å²) in [7, 11) is 0. The lowest BCUT2D eigenvalue weighted by molar-refractivity contribution is -0.145. The molecular formula is C109H195N3O37. The monoisotopic (exact) mass is 2140 g/mol. The van der Waals surface area contributed by atoms with Crippen LogP contribution in [0.3, 0.4) is 0 Å². The molecule has 0 spiro atoms. The highest BCUT2D eigenvalue weighted by atomic mass is 16.6. The lowest BCUT2D eigenvalue weighted by atomic mass is 9.78. The molecule has 1 aromatic carbocycles. The van der Waals surface area contributed by atoms with Crippen molar-refractivity contribution in [3.63, 3.8) is 0 Å².